The molecule has 20 heavy (non-hydrogen) atoms. The Balaban J connectivity index is 2.11. The van der Waals surface area contributed by atoms with Crippen LogP contribution >= 0.6 is 0 Å². The number of ether oxygens (including phenoxy) is 2. The van der Waals surface area contributed by atoms with Gasteiger partial charge in [-0.3, -0.25) is 10.1 Å². The monoisotopic (exact) mass is 280 g/mol. The van der Waals surface area contributed by atoms with Gasteiger partial charge in [-0.2, -0.15) is 0 Å². The Hall–Kier alpha value is -1.82. The average molecular weight is 280 g/mol. The Bertz CT molecular complexity index is 458. The van der Waals surface area contributed by atoms with Crippen molar-refractivity contribution in [2.45, 2.75) is 32.3 Å². The highest BCUT2D eigenvalue weighted by Gasteiger charge is 2.22. The Labute approximate surface area is 118 Å². The molecule has 0 amide bonds. The van der Waals surface area contributed by atoms with E-state index in [0.29, 0.717) is 24.6 Å². The molecule has 1 aromatic carbocycles. The molecule has 1 N–H and O–H groups in total. The maximum Gasteiger partial charge on any atom is 0.333 e. The summed E-state index contributed by atoms with van der Waals surface area (Å²) in [7, 11) is 0. The number of nitrogens with one attached hydrogen (secondary N) is 1. The lowest BCUT2D eigenvalue weighted by atomic mass is 10.2. The van der Waals surface area contributed by atoms with Crippen molar-refractivity contribution in [3.05, 3.63) is 28.3 Å². The average Bonchev–Trinajstić information content (AvgIpc) is 2.95. The van der Waals surface area contributed by atoms with E-state index in [9.17, 15) is 10.1 Å². The van der Waals surface area contributed by atoms with E-state index in [-0.39, 0.29) is 11.8 Å². The molecule has 1 saturated heterocycles. The normalized spacial score (nSPS) is 17.9. The number of rotatable bonds is 7. The first-order valence-corrected chi connectivity index (χ1v) is 6.98. The molecule has 0 radical (unpaired) electrons. The predicted molar refractivity (Wildman–Crippen MR) is 76.3 cm³/mol. The zero-order valence-electron chi connectivity index (χ0n) is 11.6. The number of anilines is 1. The Morgan fingerprint density at radius 1 is 1.55 bits per heavy atom. The van der Waals surface area contributed by atoms with Gasteiger partial charge in [0.2, 0.25) is 0 Å². The minimum absolute atomic E-state index is 0.000975. The van der Waals surface area contributed by atoms with Gasteiger partial charge in [-0.05, 0) is 31.4 Å². The van der Waals surface area contributed by atoms with Crippen LogP contribution in [0.25, 0.3) is 0 Å². The van der Waals surface area contributed by atoms with Crippen molar-refractivity contribution in [1.82, 2.24) is 0 Å². The molecule has 1 aliphatic heterocycles. The second-order valence-corrected chi connectivity index (χ2v) is 4.77. The fourth-order valence-electron chi connectivity index (χ4n) is 2.21. The highest BCUT2D eigenvalue weighted by Crippen LogP contribution is 2.35. The van der Waals surface area contributed by atoms with Crippen LogP contribution < -0.4 is 10.1 Å². The summed E-state index contributed by atoms with van der Waals surface area (Å²) in [5.74, 6) is 0.314. The van der Waals surface area contributed by atoms with Crippen molar-refractivity contribution in [2.24, 2.45) is 0 Å². The van der Waals surface area contributed by atoms with Crippen LogP contribution in [0.1, 0.15) is 26.2 Å². The molecule has 6 heteroatoms. The highest BCUT2D eigenvalue weighted by molar-refractivity contribution is 5.68. The summed E-state index contributed by atoms with van der Waals surface area (Å²) in [6.07, 6.45) is 2.99. The number of nitro groups is 1. The van der Waals surface area contributed by atoms with Gasteiger partial charge in [0.25, 0.3) is 0 Å². The van der Waals surface area contributed by atoms with Gasteiger partial charge in [0.15, 0.2) is 5.75 Å². The molecule has 0 bridgehead atoms. The van der Waals surface area contributed by atoms with E-state index >= 15 is 0 Å². The summed E-state index contributed by atoms with van der Waals surface area (Å²) in [5, 5.41) is 14.4. The van der Waals surface area contributed by atoms with E-state index in [1.54, 1.807) is 18.2 Å². The molecular formula is C14H20N2O4. The number of nitro benzene ring substituents is 1. The van der Waals surface area contributed by atoms with E-state index in [4.69, 9.17) is 9.47 Å². The van der Waals surface area contributed by atoms with Crippen LogP contribution in [-0.4, -0.2) is 30.8 Å². The molecular weight excluding hydrogens is 260 g/mol. The van der Waals surface area contributed by atoms with Crippen molar-refractivity contribution in [3.8, 4) is 5.75 Å². The highest BCUT2D eigenvalue weighted by atomic mass is 16.6. The zero-order valence-corrected chi connectivity index (χ0v) is 11.6. The number of hydrogen-bond donors (Lipinski definition) is 1. The van der Waals surface area contributed by atoms with Crippen LogP contribution in [0.5, 0.6) is 5.75 Å². The van der Waals surface area contributed by atoms with Crippen LogP contribution in [0.2, 0.25) is 0 Å². The van der Waals surface area contributed by atoms with Gasteiger partial charge < -0.3 is 14.8 Å². The summed E-state index contributed by atoms with van der Waals surface area (Å²) in [4.78, 5) is 10.9. The first kappa shape index (κ1) is 14.6. The molecule has 1 atom stereocenters. The molecule has 6 nitrogen and oxygen atoms in total. The van der Waals surface area contributed by atoms with Crippen LogP contribution in [-0.2, 0) is 4.74 Å². The second-order valence-electron chi connectivity index (χ2n) is 4.77. The number of hydrogen-bond acceptors (Lipinski definition) is 5. The molecule has 0 spiro atoms. The minimum Gasteiger partial charge on any atom is -0.487 e. The van der Waals surface area contributed by atoms with Gasteiger partial charge in [0.05, 0.1) is 17.6 Å². The molecule has 0 aromatic heterocycles. The predicted octanol–water partition coefficient (Wildman–Crippen LogP) is 2.97. The van der Waals surface area contributed by atoms with Crippen molar-refractivity contribution in [1.29, 1.82) is 0 Å². The largest absolute Gasteiger partial charge is 0.487 e. The van der Waals surface area contributed by atoms with Crippen molar-refractivity contribution in [2.75, 3.05) is 25.1 Å². The molecule has 2 rings (SSSR count). The fourth-order valence-corrected chi connectivity index (χ4v) is 2.21. The van der Waals surface area contributed by atoms with Crippen molar-refractivity contribution < 1.29 is 14.4 Å². The summed E-state index contributed by atoms with van der Waals surface area (Å²) in [5.41, 5.74) is 0.484. The molecule has 0 saturated carbocycles. The fraction of sp³-hybridized carbons (Fsp3) is 0.571. The van der Waals surface area contributed by atoms with Gasteiger partial charge >= 0.3 is 5.69 Å². The van der Waals surface area contributed by atoms with Crippen LogP contribution in [0.4, 0.5) is 11.4 Å². The summed E-state index contributed by atoms with van der Waals surface area (Å²) in [6.45, 7) is 3.79. The lowest BCUT2D eigenvalue weighted by Crippen LogP contribution is -2.19. The topological polar surface area (TPSA) is 73.6 Å². The van der Waals surface area contributed by atoms with Gasteiger partial charge in [-0.15, -0.1) is 0 Å². The standard InChI is InChI=1S/C14H20N2O4/c1-2-8-20-13-7-3-6-12(14(13)16(17)18)15-10-11-5-4-9-19-11/h3,6-7,11,15H,2,4-5,8-10H2,1H3. The molecule has 0 aliphatic carbocycles. The minimum atomic E-state index is -0.400. The van der Waals surface area contributed by atoms with Gasteiger partial charge in [-0.1, -0.05) is 13.0 Å². The van der Waals surface area contributed by atoms with E-state index < -0.39 is 4.92 Å². The summed E-state index contributed by atoms with van der Waals surface area (Å²) in [6, 6.07) is 5.09. The third-order valence-electron chi connectivity index (χ3n) is 3.19. The maximum absolute atomic E-state index is 11.3. The molecule has 1 unspecified atom stereocenters. The van der Waals surface area contributed by atoms with E-state index in [2.05, 4.69) is 5.32 Å². The first-order chi connectivity index (χ1) is 9.72. The van der Waals surface area contributed by atoms with Crippen molar-refractivity contribution in [3.63, 3.8) is 0 Å². The van der Waals surface area contributed by atoms with Crippen LogP contribution in [0.15, 0.2) is 18.2 Å². The van der Waals surface area contributed by atoms with Crippen LogP contribution in [0, 0.1) is 10.1 Å². The van der Waals surface area contributed by atoms with Gasteiger partial charge in [-0.25, -0.2) is 0 Å². The molecule has 1 aliphatic rings. The van der Waals surface area contributed by atoms with Gasteiger partial charge in [0, 0.05) is 13.2 Å². The van der Waals surface area contributed by atoms with E-state index in [0.717, 1.165) is 25.9 Å². The molecule has 1 fully saturated rings. The van der Waals surface area contributed by atoms with Gasteiger partial charge in [0.1, 0.15) is 5.69 Å². The number of para-hydroxylation sites is 1. The van der Waals surface area contributed by atoms with E-state index in [1.807, 2.05) is 6.92 Å². The Morgan fingerprint density at radius 3 is 3.05 bits per heavy atom. The number of nitrogens with zero attached hydrogens (tertiary/aromatic N) is 1. The van der Waals surface area contributed by atoms with Crippen molar-refractivity contribution >= 4 is 11.4 Å². The third-order valence-corrected chi connectivity index (χ3v) is 3.19. The second kappa shape index (κ2) is 7.09. The lowest BCUT2D eigenvalue weighted by Gasteiger charge is -2.13. The Kier molecular flexibility index (Phi) is 5.17. The lowest BCUT2D eigenvalue weighted by molar-refractivity contribution is -0.385. The maximum atomic E-state index is 11.3. The van der Waals surface area contributed by atoms with E-state index in [1.165, 1.54) is 0 Å². The van der Waals surface area contributed by atoms with Crippen LogP contribution in [0.3, 0.4) is 0 Å². The smallest absolute Gasteiger partial charge is 0.333 e. The first-order valence-electron chi connectivity index (χ1n) is 6.98. The molecule has 1 heterocycles. The molecule has 110 valence electrons. The quantitative estimate of drug-likeness (QED) is 0.614. The molecule has 1 aromatic rings. The summed E-state index contributed by atoms with van der Waals surface area (Å²) >= 11 is 0. The summed E-state index contributed by atoms with van der Waals surface area (Å²) < 4.78 is 11.0. The SMILES string of the molecule is CCCOc1cccc(NCC2CCCO2)c1[N+](=O)[O-]. The third kappa shape index (κ3) is 3.60. The Morgan fingerprint density at radius 2 is 2.40 bits per heavy atom. The zero-order chi connectivity index (χ0) is 14.4. The number of benzene rings is 1.